The highest BCUT2D eigenvalue weighted by molar-refractivity contribution is 9.10. The van der Waals surface area contributed by atoms with Crippen LogP contribution in [0.5, 0.6) is 0 Å². The molecule has 0 radical (unpaired) electrons. The van der Waals surface area contributed by atoms with Gasteiger partial charge in [0.25, 0.3) is 0 Å². The maximum Gasteiger partial charge on any atom is 0.106 e. The molecule has 1 heterocycles. The molecule has 0 aliphatic carbocycles. The van der Waals surface area contributed by atoms with Crippen molar-refractivity contribution in [2.45, 2.75) is 20.8 Å². The van der Waals surface area contributed by atoms with Gasteiger partial charge in [-0.25, -0.2) is 4.98 Å². The van der Waals surface area contributed by atoms with Crippen LogP contribution in [0.4, 0.5) is 0 Å². The first-order valence-corrected chi connectivity index (χ1v) is 4.15. The molecular weight excluding hydrogens is 192 g/mol. The number of aryl methyl sites for hydroxylation is 1. The zero-order valence-corrected chi connectivity index (χ0v) is 8.44. The smallest absolute Gasteiger partial charge is 0.106 e. The van der Waals surface area contributed by atoms with E-state index in [0.29, 0.717) is 0 Å². The molecule has 0 atom stereocenters. The Morgan fingerprint density at radius 1 is 1.50 bits per heavy atom. The molecule has 1 aromatic rings. The Kier molecular flexibility index (Phi) is 4.36. The third kappa shape index (κ3) is 2.14. The van der Waals surface area contributed by atoms with Crippen LogP contribution >= 0.6 is 15.9 Å². The van der Waals surface area contributed by atoms with E-state index in [1.165, 1.54) is 0 Å². The summed E-state index contributed by atoms with van der Waals surface area (Å²) in [4.78, 5) is 4.03. The number of hydrogen-bond acceptors (Lipinski definition) is 1. The summed E-state index contributed by atoms with van der Waals surface area (Å²) in [5.74, 6) is 1.02. The van der Waals surface area contributed by atoms with E-state index in [2.05, 4.69) is 20.9 Å². The minimum atomic E-state index is 1.02. The maximum absolute atomic E-state index is 4.03. The van der Waals surface area contributed by atoms with Crippen molar-refractivity contribution >= 4 is 15.9 Å². The molecule has 0 aromatic carbocycles. The van der Waals surface area contributed by atoms with Crippen molar-refractivity contribution < 1.29 is 0 Å². The van der Waals surface area contributed by atoms with Crippen LogP contribution < -0.4 is 0 Å². The van der Waals surface area contributed by atoms with Crippen LogP contribution in [0.2, 0.25) is 0 Å². The molecule has 0 saturated heterocycles. The van der Waals surface area contributed by atoms with Gasteiger partial charge in [0.15, 0.2) is 0 Å². The second-order valence-electron chi connectivity index (χ2n) is 1.69. The van der Waals surface area contributed by atoms with Gasteiger partial charge in [-0.15, -0.1) is 0 Å². The highest BCUT2D eigenvalue weighted by atomic mass is 79.9. The predicted octanol–water partition coefficient (Wildman–Crippen LogP) is 2.52. The van der Waals surface area contributed by atoms with Crippen molar-refractivity contribution in [1.82, 2.24) is 9.55 Å². The fraction of sp³-hybridized carbons (Fsp3) is 0.571. The number of nitrogens with zero attached hydrogens (tertiary/aromatic N) is 2. The Hall–Kier alpha value is -0.310. The van der Waals surface area contributed by atoms with Crippen molar-refractivity contribution in [1.29, 1.82) is 0 Å². The quantitative estimate of drug-likeness (QED) is 0.636. The van der Waals surface area contributed by atoms with Crippen LogP contribution in [0.1, 0.15) is 19.7 Å². The van der Waals surface area contributed by atoms with Gasteiger partial charge < -0.3 is 4.57 Å². The standard InChI is InChI=1S/C5H7BrN2.C2H6/c1-4-7-3-5(6)8(4)2;1-2/h3H,1-2H3;1-2H3. The topological polar surface area (TPSA) is 17.8 Å². The van der Waals surface area contributed by atoms with E-state index in [1.54, 1.807) is 6.20 Å². The van der Waals surface area contributed by atoms with Crippen LogP contribution in [0, 0.1) is 6.92 Å². The third-order valence-corrected chi connectivity index (χ3v) is 1.90. The van der Waals surface area contributed by atoms with E-state index in [4.69, 9.17) is 0 Å². The molecule has 0 unspecified atom stereocenters. The summed E-state index contributed by atoms with van der Waals surface area (Å²) in [6, 6.07) is 0. The summed E-state index contributed by atoms with van der Waals surface area (Å²) in [6.45, 7) is 5.96. The van der Waals surface area contributed by atoms with Gasteiger partial charge in [-0.2, -0.15) is 0 Å². The van der Waals surface area contributed by atoms with Gasteiger partial charge in [0.2, 0.25) is 0 Å². The largest absolute Gasteiger partial charge is 0.326 e. The Bertz CT molecular complexity index is 174. The number of halogens is 1. The van der Waals surface area contributed by atoms with Crippen LogP contribution in [0.3, 0.4) is 0 Å². The number of hydrogen-bond donors (Lipinski definition) is 0. The van der Waals surface area contributed by atoms with E-state index in [0.717, 1.165) is 10.4 Å². The van der Waals surface area contributed by atoms with Crippen molar-refractivity contribution in [3.05, 3.63) is 16.6 Å². The van der Waals surface area contributed by atoms with Crippen molar-refractivity contribution in [2.75, 3.05) is 0 Å². The first-order chi connectivity index (χ1) is 4.72. The molecule has 1 rings (SSSR count). The Labute approximate surface area is 70.4 Å². The first kappa shape index (κ1) is 9.69. The molecule has 2 nitrogen and oxygen atoms in total. The second-order valence-corrected chi connectivity index (χ2v) is 2.50. The summed E-state index contributed by atoms with van der Waals surface area (Å²) in [6.07, 6.45) is 1.79. The van der Waals surface area contributed by atoms with Gasteiger partial charge in [0, 0.05) is 7.05 Å². The molecule has 3 heteroatoms. The lowest BCUT2D eigenvalue weighted by Gasteiger charge is -1.92. The molecule has 0 bridgehead atoms. The summed E-state index contributed by atoms with van der Waals surface area (Å²) in [5.41, 5.74) is 0. The van der Waals surface area contributed by atoms with E-state index in [1.807, 2.05) is 32.4 Å². The van der Waals surface area contributed by atoms with Gasteiger partial charge in [-0.3, -0.25) is 0 Å². The van der Waals surface area contributed by atoms with Crippen molar-refractivity contribution in [3.8, 4) is 0 Å². The third-order valence-electron chi connectivity index (χ3n) is 1.16. The van der Waals surface area contributed by atoms with Crippen LogP contribution in [0.15, 0.2) is 10.8 Å². The zero-order chi connectivity index (χ0) is 8.15. The molecule has 0 amide bonds. The van der Waals surface area contributed by atoms with Crippen molar-refractivity contribution in [3.63, 3.8) is 0 Å². The monoisotopic (exact) mass is 204 g/mol. The lowest BCUT2D eigenvalue weighted by molar-refractivity contribution is 0.840. The van der Waals surface area contributed by atoms with Crippen LogP contribution in [-0.2, 0) is 7.05 Å². The molecule has 0 fully saturated rings. The van der Waals surface area contributed by atoms with Gasteiger partial charge in [-0.1, -0.05) is 13.8 Å². The highest BCUT2D eigenvalue weighted by Gasteiger charge is 1.94. The zero-order valence-electron chi connectivity index (χ0n) is 6.85. The Morgan fingerprint density at radius 3 is 2.10 bits per heavy atom. The van der Waals surface area contributed by atoms with Gasteiger partial charge in [-0.05, 0) is 22.9 Å². The minimum absolute atomic E-state index is 1.02. The Morgan fingerprint density at radius 2 is 2.00 bits per heavy atom. The first-order valence-electron chi connectivity index (χ1n) is 3.35. The normalized spacial score (nSPS) is 8.50. The lowest BCUT2D eigenvalue weighted by Crippen LogP contribution is -1.89. The Balaban J connectivity index is 0.000000371. The van der Waals surface area contributed by atoms with Crippen molar-refractivity contribution in [2.24, 2.45) is 7.05 Å². The van der Waals surface area contributed by atoms with E-state index < -0.39 is 0 Å². The number of imidazole rings is 1. The molecule has 0 spiro atoms. The molecular formula is C7H13BrN2. The molecule has 0 saturated carbocycles. The maximum atomic E-state index is 4.03. The van der Waals surface area contributed by atoms with Crippen LogP contribution in [0.25, 0.3) is 0 Å². The lowest BCUT2D eigenvalue weighted by atomic mass is 10.7. The number of aromatic nitrogens is 2. The molecule has 10 heavy (non-hydrogen) atoms. The summed E-state index contributed by atoms with van der Waals surface area (Å²) >= 11 is 3.32. The molecule has 1 aromatic heterocycles. The second kappa shape index (κ2) is 4.50. The summed E-state index contributed by atoms with van der Waals surface area (Å²) < 4.78 is 3.00. The van der Waals surface area contributed by atoms with E-state index in [9.17, 15) is 0 Å². The highest BCUT2D eigenvalue weighted by Crippen LogP contribution is 2.07. The van der Waals surface area contributed by atoms with Gasteiger partial charge >= 0.3 is 0 Å². The van der Waals surface area contributed by atoms with Crippen LogP contribution in [-0.4, -0.2) is 9.55 Å². The molecule has 0 aliphatic heterocycles. The predicted molar refractivity (Wildman–Crippen MR) is 47.0 cm³/mol. The van der Waals surface area contributed by atoms with Gasteiger partial charge in [0.05, 0.1) is 6.20 Å². The minimum Gasteiger partial charge on any atom is -0.326 e. The SMILES string of the molecule is CC.Cc1ncc(Br)n1C. The average molecular weight is 205 g/mol. The van der Waals surface area contributed by atoms with Gasteiger partial charge in [0.1, 0.15) is 10.4 Å². The molecule has 58 valence electrons. The summed E-state index contributed by atoms with van der Waals surface area (Å²) in [7, 11) is 1.96. The summed E-state index contributed by atoms with van der Waals surface area (Å²) in [5, 5.41) is 0. The average Bonchev–Trinajstić information content (AvgIpc) is 2.25. The molecule has 0 aliphatic rings. The van der Waals surface area contributed by atoms with E-state index >= 15 is 0 Å². The van der Waals surface area contributed by atoms with E-state index in [-0.39, 0.29) is 0 Å². The fourth-order valence-corrected chi connectivity index (χ4v) is 0.833. The number of rotatable bonds is 0. The molecule has 0 N–H and O–H groups in total. The fourth-order valence-electron chi connectivity index (χ4n) is 0.474.